The van der Waals surface area contributed by atoms with Crippen molar-refractivity contribution in [3.8, 4) is 0 Å². The Bertz CT molecular complexity index is 61.2. The molecule has 0 spiro atoms. The van der Waals surface area contributed by atoms with Crippen molar-refractivity contribution in [1.29, 1.82) is 0 Å². The number of aliphatic carboxylic acids is 1. The number of carbonyl (C=O) groups is 1. The fourth-order valence-electron chi connectivity index (χ4n) is 0.0808. The number of alkyl halides is 1. The van der Waals surface area contributed by atoms with Crippen LogP contribution in [0.1, 0.15) is 7.85 Å². The van der Waals surface area contributed by atoms with Gasteiger partial charge < -0.3 is 6.53 Å². The molecule has 0 fully saturated rings. The molecule has 0 aromatic heterocycles. The summed E-state index contributed by atoms with van der Waals surface area (Å²) in [6.45, 7) is 0. The zero-order chi connectivity index (χ0) is 4.99. The van der Waals surface area contributed by atoms with Crippen LogP contribution in [-0.2, 0) is 4.79 Å². The first-order valence-corrected chi connectivity index (χ1v) is 2.08. The summed E-state index contributed by atoms with van der Waals surface area (Å²) in [7, 11) is 0. The molecule has 0 aromatic rings. The van der Waals surface area contributed by atoms with Crippen molar-refractivity contribution >= 4 is 17.6 Å². The number of carboxylic acid groups (broad SMARTS) is 1. The van der Waals surface area contributed by atoms with Crippen molar-refractivity contribution < 1.29 is 40.9 Å². The molecule has 0 aliphatic carbocycles. The van der Waals surface area contributed by atoms with Gasteiger partial charge in [0.15, 0.2) is 0 Å². The van der Waals surface area contributed by atoms with E-state index < -0.39 is 5.97 Å². The summed E-state index contributed by atoms with van der Waals surface area (Å²) in [4.78, 5) is 9.51. The van der Waals surface area contributed by atoms with E-state index >= 15 is 0 Å². The average Bonchev–Trinajstić information content (AvgIpc) is 1.35. The maximum atomic E-state index is 9.51. The van der Waals surface area contributed by atoms with Crippen LogP contribution in [0.15, 0.2) is 0 Å². The zero-order valence-corrected chi connectivity index (χ0v) is 6.90. The Morgan fingerprint density at radius 1 is 1.86 bits per heavy atom. The van der Waals surface area contributed by atoms with Crippen LogP contribution in [0.2, 0.25) is 0 Å². The van der Waals surface area contributed by atoms with Gasteiger partial charge in [0.05, 0.1) is 6.42 Å². The van der Waals surface area contributed by atoms with Crippen LogP contribution in [0.25, 0.3) is 0 Å². The molecule has 0 saturated carbocycles. The Morgan fingerprint density at radius 3 is 2.29 bits per heavy atom. The minimum absolute atomic E-state index is 0. The van der Waals surface area contributed by atoms with Crippen molar-refractivity contribution in [1.82, 2.24) is 0 Å². The van der Waals surface area contributed by atoms with Crippen LogP contribution in [0.3, 0.4) is 0 Å². The molecule has 1 N–H and O–H groups in total. The molecule has 7 heavy (non-hydrogen) atoms. The molecule has 4 heteroatoms. The van der Waals surface area contributed by atoms with Crippen molar-refractivity contribution in [3.63, 3.8) is 0 Å². The maximum absolute atomic E-state index is 9.51. The molecular formula is C3H6ClNaO2. The fourth-order valence-corrected chi connectivity index (χ4v) is 0.243. The van der Waals surface area contributed by atoms with Gasteiger partial charge in [0.25, 0.3) is 0 Å². The summed E-state index contributed by atoms with van der Waals surface area (Å²) in [5.41, 5.74) is 0. The van der Waals surface area contributed by atoms with Crippen LogP contribution in [-0.4, -0.2) is 17.0 Å². The first kappa shape index (κ1) is 10.7. The van der Waals surface area contributed by atoms with Gasteiger partial charge in [0, 0.05) is 5.88 Å². The topological polar surface area (TPSA) is 37.3 Å². The largest absolute Gasteiger partial charge is 1.00 e. The zero-order valence-electron chi connectivity index (χ0n) is 5.15. The second-order valence-corrected chi connectivity index (χ2v) is 1.21. The van der Waals surface area contributed by atoms with Crippen LogP contribution in [0.5, 0.6) is 0 Å². The molecule has 0 rings (SSSR count). The van der Waals surface area contributed by atoms with E-state index in [4.69, 9.17) is 16.7 Å². The normalized spacial score (nSPS) is 7.00. The molecule has 0 radical (unpaired) electrons. The standard InChI is InChI=1S/C3H5ClO2.Na.H/c4-2-1-3(5)6;;/h1-2H2,(H,5,6);;/q;+1;-1. The maximum Gasteiger partial charge on any atom is 1.00 e. The van der Waals surface area contributed by atoms with E-state index in [1.807, 2.05) is 0 Å². The number of rotatable bonds is 2. The quantitative estimate of drug-likeness (QED) is 0.343. The summed E-state index contributed by atoms with van der Waals surface area (Å²) >= 11 is 5.02. The molecule has 0 saturated heterocycles. The molecule has 2 nitrogen and oxygen atoms in total. The minimum atomic E-state index is -0.843. The third-order valence-electron chi connectivity index (χ3n) is 0.308. The average molecular weight is 133 g/mol. The predicted octanol–water partition coefficient (Wildman–Crippen LogP) is -2.18. The first-order chi connectivity index (χ1) is 2.77. The molecular weight excluding hydrogens is 126 g/mol. The molecule has 0 heterocycles. The summed E-state index contributed by atoms with van der Waals surface area (Å²) in [6, 6.07) is 0. The smallest absolute Gasteiger partial charge is 1.00 e. The summed E-state index contributed by atoms with van der Waals surface area (Å²) in [5.74, 6) is -0.639. The Balaban J connectivity index is -0.000000125. The van der Waals surface area contributed by atoms with Crippen molar-refractivity contribution in [2.75, 3.05) is 5.88 Å². The van der Waals surface area contributed by atoms with E-state index in [9.17, 15) is 4.79 Å². The molecule has 0 atom stereocenters. The van der Waals surface area contributed by atoms with Gasteiger partial charge in [-0.05, 0) is 0 Å². The van der Waals surface area contributed by atoms with Crippen molar-refractivity contribution in [2.45, 2.75) is 6.42 Å². The molecule has 0 aliphatic heterocycles. The van der Waals surface area contributed by atoms with Gasteiger partial charge in [0.2, 0.25) is 0 Å². The van der Waals surface area contributed by atoms with E-state index in [0.717, 1.165) is 0 Å². The molecule has 38 valence electrons. The van der Waals surface area contributed by atoms with Gasteiger partial charge in [-0.25, -0.2) is 0 Å². The summed E-state index contributed by atoms with van der Waals surface area (Å²) < 4.78 is 0. The Kier molecular flexibility index (Phi) is 10.3. The number of hydrogen-bond donors (Lipinski definition) is 1. The van der Waals surface area contributed by atoms with Gasteiger partial charge in [-0.2, -0.15) is 0 Å². The van der Waals surface area contributed by atoms with E-state index in [1.54, 1.807) is 0 Å². The van der Waals surface area contributed by atoms with Crippen LogP contribution < -0.4 is 29.6 Å². The summed E-state index contributed by atoms with van der Waals surface area (Å²) in [6.07, 6.45) is 0.0571. The fraction of sp³-hybridized carbons (Fsp3) is 0.667. The Hall–Kier alpha value is 0.760. The van der Waals surface area contributed by atoms with Crippen LogP contribution >= 0.6 is 11.6 Å². The Labute approximate surface area is 70.6 Å². The third kappa shape index (κ3) is 10.8. The molecule has 0 aromatic carbocycles. The van der Waals surface area contributed by atoms with E-state index in [2.05, 4.69) is 0 Å². The van der Waals surface area contributed by atoms with E-state index in [-0.39, 0.29) is 43.3 Å². The Morgan fingerprint density at radius 2 is 2.29 bits per heavy atom. The molecule has 0 unspecified atom stereocenters. The number of halogens is 1. The third-order valence-corrected chi connectivity index (χ3v) is 0.497. The minimum Gasteiger partial charge on any atom is -1.00 e. The monoisotopic (exact) mass is 132 g/mol. The van der Waals surface area contributed by atoms with Crippen LogP contribution in [0.4, 0.5) is 0 Å². The van der Waals surface area contributed by atoms with Gasteiger partial charge in [0.1, 0.15) is 0 Å². The summed E-state index contributed by atoms with van der Waals surface area (Å²) in [5, 5.41) is 7.83. The van der Waals surface area contributed by atoms with Gasteiger partial charge >= 0.3 is 35.5 Å². The number of carboxylic acids is 1. The van der Waals surface area contributed by atoms with Gasteiger partial charge in [-0.15, -0.1) is 11.6 Å². The van der Waals surface area contributed by atoms with E-state index in [0.29, 0.717) is 0 Å². The number of hydrogen-bond acceptors (Lipinski definition) is 1. The molecule has 0 bridgehead atoms. The van der Waals surface area contributed by atoms with Crippen molar-refractivity contribution in [3.05, 3.63) is 0 Å². The molecule has 0 aliphatic rings. The molecule has 0 amide bonds. The SMILES string of the molecule is O=C(O)CCCl.[H-].[Na+]. The van der Waals surface area contributed by atoms with E-state index in [1.165, 1.54) is 0 Å². The predicted molar refractivity (Wildman–Crippen MR) is 24.1 cm³/mol. The van der Waals surface area contributed by atoms with Gasteiger partial charge in [-0.1, -0.05) is 0 Å². The first-order valence-electron chi connectivity index (χ1n) is 1.55. The second kappa shape index (κ2) is 6.76. The second-order valence-electron chi connectivity index (χ2n) is 0.833. The van der Waals surface area contributed by atoms with Crippen molar-refractivity contribution in [2.24, 2.45) is 0 Å². The van der Waals surface area contributed by atoms with Crippen LogP contribution in [0, 0.1) is 0 Å². The van der Waals surface area contributed by atoms with Gasteiger partial charge in [-0.3, -0.25) is 4.79 Å².